The molecule has 0 radical (unpaired) electrons. The largest absolute Gasteiger partial charge is 0.496 e. The number of amides is 1. The van der Waals surface area contributed by atoms with Crippen molar-refractivity contribution < 1.29 is 19.4 Å². The Bertz CT molecular complexity index is 792. The molecule has 0 saturated heterocycles. The second kappa shape index (κ2) is 7.61. The summed E-state index contributed by atoms with van der Waals surface area (Å²) in [6.45, 7) is 0.171. The van der Waals surface area contributed by atoms with Crippen LogP contribution >= 0.6 is 11.8 Å². The Morgan fingerprint density at radius 1 is 1.24 bits per heavy atom. The van der Waals surface area contributed by atoms with Crippen LogP contribution < -0.4 is 9.64 Å². The topological polar surface area (TPSA) is 66.8 Å². The summed E-state index contributed by atoms with van der Waals surface area (Å²) in [6.07, 6.45) is 0.212. The van der Waals surface area contributed by atoms with Gasteiger partial charge in [-0.15, -0.1) is 11.8 Å². The fourth-order valence-electron chi connectivity index (χ4n) is 2.94. The van der Waals surface area contributed by atoms with Gasteiger partial charge in [0.05, 0.1) is 19.2 Å². The van der Waals surface area contributed by atoms with Gasteiger partial charge < -0.3 is 14.7 Å². The molecular formula is C19H19NO4S. The lowest BCUT2D eigenvalue weighted by Crippen LogP contribution is -2.32. The normalized spacial score (nSPS) is 16.9. The summed E-state index contributed by atoms with van der Waals surface area (Å²) < 4.78 is 5.45. The summed E-state index contributed by atoms with van der Waals surface area (Å²) in [5.74, 6) is -0.234. The van der Waals surface area contributed by atoms with Crippen molar-refractivity contribution in [2.75, 3.05) is 18.6 Å². The molecule has 1 aliphatic heterocycles. The molecule has 0 bridgehead atoms. The minimum absolute atomic E-state index is 0.0744. The first-order chi connectivity index (χ1) is 12.1. The summed E-state index contributed by atoms with van der Waals surface area (Å²) in [5.41, 5.74) is 1.74. The highest BCUT2D eigenvalue weighted by Gasteiger charge is 2.30. The first-order valence-electron chi connectivity index (χ1n) is 8.01. The van der Waals surface area contributed by atoms with Crippen LogP contribution in [0.4, 0.5) is 5.69 Å². The van der Waals surface area contributed by atoms with Crippen molar-refractivity contribution in [3.8, 4) is 5.75 Å². The van der Waals surface area contributed by atoms with Gasteiger partial charge >= 0.3 is 5.97 Å². The van der Waals surface area contributed by atoms with Gasteiger partial charge in [-0.25, -0.2) is 0 Å². The predicted molar refractivity (Wildman–Crippen MR) is 97.3 cm³/mol. The van der Waals surface area contributed by atoms with Gasteiger partial charge in [0.1, 0.15) is 5.75 Å². The van der Waals surface area contributed by atoms with Crippen LogP contribution in [0.2, 0.25) is 0 Å². The molecule has 0 aliphatic carbocycles. The summed E-state index contributed by atoms with van der Waals surface area (Å²) in [4.78, 5) is 26.4. The monoisotopic (exact) mass is 357 g/mol. The van der Waals surface area contributed by atoms with E-state index in [9.17, 15) is 9.59 Å². The number of carbonyl (C=O) groups excluding carboxylic acids is 1. The molecule has 1 aliphatic rings. The van der Waals surface area contributed by atoms with E-state index in [4.69, 9.17) is 9.84 Å². The highest BCUT2D eigenvalue weighted by Crippen LogP contribution is 2.47. The number of para-hydroxylation sites is 2. The molecule has 2 aromatic carbocycles. The predicted octanol–water partition coefficient (Wildman–Crippen LogP) is 3.74. The second-order valence-electron chi connectivity index (χ2n) is 5.71. The number of hydrogen-bond acceptors (Lipinski definition) is 4. The van der Waals surface area contributed by atoms with Crippen molar-refractivity contribution in [1.82, 2.24) is 0 Å². The third-order valence-electron chi connectivity index (χ3n) is 4.12. The molecule has 0 spiro atoms. The number of methoxy groups -OCH3 is 1. The fourth-order valence-corrected chi connectivity index (χ4v) is 4.25. The van der Waals surface area contributed by atoms with Crippen LogP contribution in [0.25, 0.3) is 0 Å². The van der Waals surface area contributed by atoms with Crippen LogP contribution in [-0.2, 0) is 9.59 Å². The molecule has 1 heterocycles. The van der Waals surface area contributed by atoms with E-state index in [0.717, 1.165) is 21.9 Å². The molecule has 3 rings (SSSR count). The molecule has 5 nitrogen and oxygen atoms in total. The molecule has 130 valence electrons. The van der Waals surface area contributed by atoms with Gasteiger partial charge in [-0.05, 0) is 18.2 Å². The average Bonchev–Trinajstić information content (AvgIpc) is 2.75. The molecule has 6 heteroatoms. The van der Waals surface area contributed by atoms with Crippen molar-refractivity contribution in [3.05, 3.63) is 54.1 Å². The standard InChI is InChI=1S/C19H19NO4S/c1-24-15-8-4-2-6-13(15)17-12-18(21)20(11-10-19(22)23)14-7-3-5-9-16(14)25-17/h2-9,17H,10-12H2,1H3,(H,22,23). The number of carboxylic acids is 1. The smallest absolute Gasteiger partial charge is 0.305 e. The van der Waals surface area contributed by atoms with Crippen molar-refractivity contribution in [3.63, 3.8) is 0 Å². The minimum Gasteiger partial charge on any atom is -0.496 e. The number of carboxylic acid groups (broad SMARTS) is 1. The van der Waals surface area contributed by atoms with E-state index in [1.165, 1.54) is 0 Å². The molecule has 0 aromatic heterocycles. The lowest BCUT2D eigenvalue weighted by molar-refractivity contribution is -0.136. The van der Waals surface area contributed by atoms with E-state index < -0.39 is 5.97 Å². The number of nitrogens with zero attached hydrogens (tertiary/aromatic N) is 1. The average molecular weight is 357 g/mol. The second-order valence-corrected chi connectivity index (χ2v) is 6.95. The molecule has 2 aromatic rings. The Hall–Kier alpha value is -2.47. The van der Waals surface area contributed by atoms with Gasteiger partial charge in [0.25, 0.3) is 0 Å². The van der Waals surface area contributed by atoms with E-state index in [-0.39, 0.29) is 24.1 Å². The lowest BCUT2D eigenvalue weighted by Gasteiger charge is -2.21. The lowest BCUT2D eigenvalue weighted by atomic mass is 10.1. The van der Waals surface area contributed by atoms with Gasteiger partial charge in [0.2, 0.25) is 5.91 Å². The zero-order valence-corrected chi connectivity index (χ0v) is 14.7. The third kappa shape index (κ3) is 3.79. The van der Waals surface area contributed by atoms with Crippen LogP contribution in [0.15, 0.2) is 53.4 Å². The maximum atomic E-state index is 12.9. The first-order valence-corrected chi connectivity index (χ1v) is 8.89. The zero-order valence-electron chi connectivity index (χ0n) is 13.8. The quantitative estimate of drug-likeness (QED) is 0.883. The van der Waals surface area contributed by atoms with Gasteiger partial charge in [0.15, 0.2) is 0 Å². The molecule has 1 atom stereocenters. The number of ether oxygens (including phenoxy) is 1. The Kier molecular flexibility index (Phi) is 5.28. The summed E-state index contributed by atoms with van der Waals surface area (Å²) in [5, 5.41) is 8.90. The number of hydrogen-bond donors (Lipinski definition) is 1. The van der Waals surface area contributed by atoms with E-state index >= 15 is 0 Å². The summed E-state index contributed by atoms with van der Waals surface area (Å²) in [7, 11) is 1.62. The van der Waals surface area contributed by atoms with E-state index in [1.807, 2.05) is 48.5 Å². The molecule has 0 saturated carbocycles. The molecule has 1 unspecified atom stereocenters. The van der Waals surface area contributed by atoms with Gasteiger partial charge in [-0.1, -0.05) is 30.3 Å². The number of rotatable bonds is 5. The zero-order chi connectivity index (χ0) is 17.8. The van der Waals surface area contributed by atoms with Crippen LogP contribution in [-0.4, -0.2) is 30.6 Å². The van der Waals surface area contributed by atoms with E-state index in [1.54, 1.807) is 23.8 Å². The van der Waals surface area contributed by atoms with Crippen molar-refractivity contribution in [1.29, 1.82) is 0 Å². The highest BCUT2D eigenvalue weighted by molar-refractivity contribution is 7.99. The van der Waals surface area contributed by atoms with Crippen molar-refractivity contribution in [2.45, 2.75) is 23.0 Å². The Morgan fingerprint density at radius 2 is 1.96 bits per heavy atom. The first kappa shape index (κ1) is 17.4. The molecular weight excluding hydrogens is 338 g/mol. The molecule has 25 heavy (non-hydrogen) atoms. The van der Waals surface area contributed by atoms with E-state index in [0.29, 0.717) is 6.42 Å². The number of fused-ring (bicyclic) bond motifs is 1. The Morgan fingerprint density at radius 3 is 2.72 bits per heavy atom. The highest BCUT2D eigenvalue weighted by atomic mass is 32.2. The summed E-state index contributed by atoms with van der Waals surface area (Å²) in [6, 6.07) is 15.3. The van der Waals surface area contributed by atoms with Crippen LogP contribution in [0.3, 0.4) is 0 Å². The number of aliphatic carboxylic acids is 1. The van der Waals surface area contributed by atoms with Crippen molar-refractivity contribution in [2.24, 2.45) is 0 Å². The van der Waals surface area contributed by atoms with Crippen LogP contribution in [0, 0.1) is 0 Å². The third-order valence-corrected chi connectivity index (χ3v) is 5.43. The van der Waals surface area contributed by atoms with Gasteiger partial charge in [-0.3, -0.25) is 9.59 Å². The number of carbonyl (C=O) groups is 2. The van der Waals surface area contributed by atoms with Gasteiger partial charge in [-0.2, -0.15) is 0 Å². The molecule has 0 fully saturated rings. The SMILES string of the molecule is COc1ccccc1C1CC(=O)N(CCC(=O)O)c2ccccc2S1. The number of thioether (sulfide) groups is 1. The van der Waals surface area contributed by atoms with Crippen LogP contribution in [0.5, 0.6) is 5.75 Å². The Labute approximate surface area is 150 Å². The number of benzene rings is 2. The van der Waals surface area contributed by atoms with Crippen molar-refractivity contribution >= 4 is 29.3 Å². The fraction of sp³-hybridized carbons (Fsp3) is 0.263. The molecule has 1 N–H and O–H groups in total. The maximum Gasteiger partial charge on any atom is 0.305 e. The van der Waals surface area contributed by atoms with Gasteiger partial charge in [0, 0.05) is 28.7 Å². The van der Waals surface area contributed by atoms with Crippen LogP contribution in [0.1, 0.15) is 23.7 Å². The molecule has 1 amide bonds. The number of anilines is 1. The minimum atomic E-state index is -0.913. The summed E-state index contributed by atoms with van der Waals surface area (Å²) >= 11 is 1.61. The maximum absolute atomic E-state index is 12.9. The Balaban J connectivity index is 1.98. The van der Waals surface area contributed by atoms with E-state index in [2.05, 4.69) is 0 Å².